The SMILES string of the molecule is CC(C)NC(=O)CCNC(=O)C(C)c1cccc(N)c1. The summed E-state index contributed by atoms with van der Waals surface area (Å²) < 4.78 is 0. The molecule has 1 unspecified atom stereocenters. The summed E-state index contributed by atoms with van der Waals surface area (Å²) in [4.78, 5) is 23.4. The van der Waals surface area contributed by atoms with Gasteiger partial charge in [0.05, 0.1) is 5.92 Å². The number of nitrogens with two attached hydrogens (primary N) is 1. The summed E-state index contributed by atoms with van der Waals surface area (Å²) in [5.74, 6) is -0.448. The summed E-state index contributed by atoms with van der Waals surface area (Å²) in [6.07, 6.45) is 0.285. The number of benzene rings is 1. The predicted octanol–water partition coefficient (Wildman–Crippen LogP) is 1.40. The van der Waals surface area contributed by atoms with Crippen LogP contribution in [0.25, 0.3) is 0 Å². The minimum atomic E-state index is -0.286. The number of rotatable bonds is 6. The Balaban J connectivity index is 2.41. The number of hydrogen-bond acceptors (Lipinski definition) is 3. The number of anilines is 1. The Kier molecular flexibility index (Phi) is 6.03. The second-order valence-corrected chi connectivity index (χ2v) is 5.16. The number of carbonyl (C=O) groups is 2. The Morgan fingerprint density at radius 2 is 1.95 bits per heavy atom. The maximum absolute atomic E-state index is 12.0. The molecule has 0 radical (unpaired) electrons. The molecular formula is C15H23N3O2. The Morgan fingerprint density at radius 3 is 2.55 bits per heavy atom. The van der Waals surface area contributed by atoms with Gasteiger partial charge in [0.1, 0.15) is 0 Å². The van der Waals surface area contributed by atoms with Gasteiger partial charge in [0.15, 0.2) is 0 Å². The lowest BCUT2D eigenvalue weighted by Gasteiger charge is -2.13. The van der Waals surface area contributed by atoms with Crippen LogP contribution in [0.15, 0.2) is 24.3 Å². The van der Waals surface area contributed by atoms with Crippen LogP contribution in [0.5, 0.6) is 0 Å². The third-order valence-corrected chi connectivity index (χ3v) is 2.90. The summed E-state index contributed by atoms with van der Waals surface area (Å²) >= 11 is 0. The maximum Gasteiger partial charge on any atom is 0.227 e. The smallest absolute Gasteiger partial charge is 0.227 e. The monoisotopic (exact) mass is 277 g/mol. The number of hydrogen-bond donors (Lipinski definition) is 3. The van der Waals surface area contributed by atoms with E-state index >= 15 is 0 Å². The van der Waals surface area contributed by atoms with Crippen molar-refractivity contribution in [2.75, 3.05) is 12.3 Å². The zero-order chi connectivity index (χ0) is 15.1. The maximum atomic E-state index is 12.0. The van der Waals surface area contributed by atoms with E-state index in [9.17, 15) is 9.59 Å². The molecule has 0 saturated heterocycles. The second kappa shape index (κ2) is 7.53. The van der Waals surface area contributed by atoms with E-state index in [4.69, 9.17) is 5.73 Å². The van der Waals surface area contributed by atoms with Gasteiger partial charge in [0.25, 0.3) is 0 Å². The molecule has 1 aromatic rings. The predicted molar refractivity (Wildman–Crippen MR) is 80.2 cm³/mol. The topological polar surface area (TPSA) is 84.2 Å². The highest BCUT2D eigenvalue weighted by molar-refractivity contribution is 5.84. The summed E-state index contributed by atoms with van der Waals surface area (Å²) in [7, 11) is 0. The molecule has 5 nitrogen and oxygen atoms in total. The number of nitrogens with one attached hydrogen (secondary N) is 2. The average molecular weight is 277 g/mol. The summed E-state index contributed by atoms with van der Waals surface area (Å²) in [6.45, 7) is 5.96. The molecule has 0 aliphatic carbocycles. The number of amides is 2. The molecular weight excluding hydrogens is 254 g/mol. The van der Waals surface area contributed by atoms with Crippen molar-refractivity contribution in [3.63, 3.8) is 0 Å². The van der Waals surface area contributed by atoms with E-state index < -0.39 is 0 Å². The van der Waals surface area contributed by atoms with Gasteiger partial charge in [-0.2, -0.15) is 0 Å². The van der Waals surface area contributed by atoms with Crippen molar-refractivity contribution in [3.8, 4) is 0 Å². The average Bonchev–Trinajstić information content (AvgIpc) is 2.36. The second-order valence-electron chi connectivity index (χ2n) is 5.16. The highest BCUT2D eigenvalue weighted by atomic mass is 16.2. The van der Waals surface area contributed by atoms with E-state index in [1.807, 2.05) is 32.9 Å². The molecule has 0 bridgehead atoms. The van der Waals surface area contributed by atoms with Crippen molar-refractivity contribution in [2.24, 2.45) is 0 Å². The van der Waals surface area contributed by atoms with Crippen LogP contribution in [0, 0.1) is 0 Å². The standard InChI is InChI=1S/C15H23N3O2/c1-10(2)18-14(19)7-8-17-15(20)11(3)12-5-4-6-13(16)9-12/h4-6,9-11H,7-8,16H2,1-3H3,(H,17,20)(H,18,19). The summed E-state index contributed by atoms with van der Waals surface area (Å²) in [5.41, 5.74) is 7.21. The minimum absolute atomic E-state index is 0.0584. The first-order valence-electron chi connectivity index (χ1n) is 6.82. The van der Waals surface area contributed by atoms with Crippen molar-refractivity contribution in [3.05, 3.63) is 29.8 Å². The molecule has 110 valence electrons. The van der Waals surface area contributed by atoms with Crippen LogP contribution in [0.1, 0.15) is 38.7 Å². The molecule has 1 aromatic carbocycles. The molecule has 2 amide bonds. The molecule has 0 fully saturated rings. The molecule has 0 heterocycles. The zero-order valence-electron chi connectivity index (χ0n) is 12.3. The van der Waals surface area contributed by atoms with E-state index in [-0.39, 0.29) is 30.2 Å². The third-order valence-electron chi connectivity index (χ3n) is 2.90. The lowest BCUT2D eigenvalue weighted by Crippen LogP contribution is -2.35. The normalized spacial score (nSPS) is 12.0. The Labute approximate surface area is 119 Å². The molecule has 0 aliphatic rings. The molecule has 1 atom stereocenters. The highest BCUT2D eigenvalue weighted by Gasteiger charge is 2.15. The van der Waals surface area contributed by atoms with Crippen LogP contribution in [0.3, 0.4) is 0 Å². The number of carbonyl (C=O) groups excluding carboxylic acids is 2. The van der Waals surface area contributed by atoms with Crippen LogP contribution in [0.2, 0.25) is 0 Å². The van der Waals surface area contributed by atoms with Gasteiger partial charge in [-0.1, -0.05) is 12.1 Å². The van der Waals surface area contributed by atoms with Crippen molar-refractivity contribution in [1.82, 2.24) is 10.6 Å². The van der Waals surface area contributed by atoms with Crippen molar-refractivity contribution >= 4 is 17.5 Å². The van der Waals surface area contributed by atoms with Gasteiger partial charge in [-0.15, -0.1) is 0 Å². The lowest BCUT2D eigenvalue weighted by atomic mass is 10.00. The van der Waals surface area contributed by atoms with E-state index in [1.54, 1.807) is 12.1 Å². The molecule has 0 saturated carbocycles. The third kappa shape index (κ3) is 5.30. The van der Waals surface area contributed by atoms with Gasteiger partial charge in [0, 0.05) is 24.7 Å². The fraction of sp³-hybridized carbons (Fsp3) is 0.467. The van der Waals surface area contributed by atoms with Gasteiger partial charge in [0.2, 0.25) is 11.8 Å². The quantitative estimate of drug-likeness (QED) is 0.687. The minimum Gasteiger partial charge on any atom is -0.399 e. The van der Waals surface area contributed by atoms with Crippen LogP contribution in [-0.4, -0.2) is 24.4 Å². The summed E-state index contributed by atoms with van der Waals surface area (Å²) in [5, 5.41) is 5.54. The lowest BCUT2D eigenvalue weighted by molar-refractivity contribution is -0.123. The van der Waals surface area contributed by atoms with E-state index in [0.717, 1.165) is 5.56 Å². The first-order chi connectivity index (χ1) is 9.40. The van der Waals surface area contributed by atoms with Crippen LogP contribution >= 0.6 is 0 Å². The molecule has 0 aliphatic heterocycles. The van der Waals surface area contributed by atoms with Crippen LogP contribution in [0.4, 0.5) is 5.69 Å². The van der Waals surface area contributed by atoms with E-state index in [0.29, 0.717) is 12.2 Å². The van der Waals surface area contributed by atoms with Gasteiger partial charge < -0.3 is 16.4 Å². The van der Waals surface area contributed by atoms with Crippen molar-refractivity contribution < 1.29 is 9.59 Å². The van der Waals surface area contributed by atoms with Gasteiger partial charge in [-0.25, -0.2) is 0 Å². The molecule has 4 N–H and O–H groups in total. The fourth-order valence-corrected chi connectivity index (χ4v) is 1.83. The molecule has 1 rings (SSSR count). The van der Waals surface area contributed by atoms with E-state index in [2.05, 4.69) is 10.6 Å². The zero-order valence-corrected chi connectivity index (χ0v) is 12.3. The molecule has 0 spiro atoms. The Morgan fingerprint density at radius 1 is 1.25 bits per heavy atom. The van der Waals surface area contributed by atoms with Crippen molar-refractivity contribution in [2.45, 2.75) is 39.2 Å². The van der Waals surface area contributed by atoms with Gasteiger partial charge >= 0.3 is 0 Å². The molecule has 5 heteroatoms. The first-order valence-corrected chi connectivity index (χ1v) is 6.82. The van der Waals surface area contributed by atoms with E-state index in [1.165, 1.54) is 0 Å². The molecule has 0 aromatic heterocycles. The van der Waals surface area contributed by atoms with Gasteiger partial charge in [-0.3, -0.25) is 9.59 Å². The van der Waals surface area contributed by atoms with Crippen molar-refractivity contribution in [1.29, 1.82) is 0 Å². The molecule has 20 heavy (non-hydrogen) atoms. The van der Waals surface area contributed by atoms with Crippen LogP contribution < -0.4 is 16.4 Å². The largest absolute Gasteiger partial charge is 0.399 e. The Hall–Kier alpha value is -2.04. The highest BCUT2D eigenvalue weighted by Crippen LogP contribution is 2.17. The van der Waals surface area contributed by atoms with Gasteiger partial charge in [-0.05, 0) is 38.5 Å². The fourth-order valence-electron chi connectivity index (χ4n) is 1.83. The summed E-state index contributed by atoms with van der Waals surface area (Å²) in [6, 6.07) is 7.38. The van der Waals surface area contributed by atoms with Crippen LogP contribution in [-0.2, 0) is 9.59 Å². The first kappa shape index (κ1) is 16.0. The number of nitrogen functional groups attached to an aromatic ring is 1. The Bertz CT molecular complexity index is 472.